The van der Waals surface area contributed by atoms with E-state index in [0.717, 1.165) is 0 Å². The monoisotopic (exact) mass is 493 g/mol. The van der Waals surface area contributed by atoms with Gasteiger partial charge in [-0.2, -0.15) is 4.98 Å². The molecule has 1 amide bonds. The number of nitrogens with one attached hydrogen (secondary N) is 1. The summed E-state index contributed by atoms with van der Waals surface area (Å²) >= 11 is 8.06. The zero-order valence-corrected chi connectivity index (χ0v) is 17.2. The normalized spacial score (nSPS) is 29.9. The summed E-state index contributed by atoms with van der Waals surface area (Å²) < 4.78 is 20.3. The van der Waals surface area contributed by atoms with Gasteiger partial charge >= 0.3 is 0 Å². The zero-order valence-electron chi connectivity index (χ0n) is 14.3. The van der Waals surface area contributed by atoms with Crippen LogP contribution in [0.3, 0.4) is 0 Å². The van der Waals surface area contributed by atoms with Gasteiger partial charge in [0, 0.05) is 6.54 Å². The highest BCUT2D eigenvalue weighted by Crippen LogP contribution is 2.43. The Morgan fingerprint density at radius 2 is 2.12 bits per heavy atom. The molecule has 2 aromatic heterocycles. The quantitative estimate of drug-likeness (QED) is 0.394. The second kappa shape index (κ2) is 6.51. The van der Waals surface area contributed by atoms with E-state index in [1.807, 2.05) is 20.8 Å². The van der Waals surface area contributed by atoms with Gasteiger partial charge in [-0.1, -0.05) is 0 Å². The molecular formula is C15H17ClIN5O4. The highest BCUT2D eigenvalue weighted by molar-refractivity contribution is 14.1. The third kappa shape index (κ3) is 2.97. The second-order valence-corrected chi connectivity index (χ2v) is 7.87. The fourth-order valence-corrected chi connectivity index (χ4v) is 4.25. The summed E-state index contributed by atoms with van der Waals surface area (Å²) in [6.07, 6.45) is -0.840. The second-order valence-electron chi connectivity index (χ2n) is 6.51. The minimum absolute atomic E-state index is 0.113. The Morgan fingerprint density at radius 3 is 2.85 bits per heavy atom. The number of hydrogen-bond acceptors (Lipinski definition) is 7. The Bertz CT molecular complexity index is 875. The predicted molar refractivity (Wildman–Crippen MR) is 99.5 cm³/mol. The number of carbonyl (C=O) groups is 1. The van der Waals surface area contributed by atoms with Crippen LogP contribution in [0.5, 0.6) is 0 Å². The Hall–Kier alpha value is -1.08. The zero-order chi connectivity index (χ0) is 18.6. The van der Waals surface area contributed by atoms with E-state index in [0.29, 0.717) is 21.4 Å². The summed E-state index contributed by atoms with van der Waals surface area (Å²) in [6.45, 7) is 5.97. The van der Waals surface area contributed by atoms with Crippen molar-refractivity contribution < 1.29 is 19.0 Å². The van der Waals surface area contributed by atoms with Crippen molar-refractivity contribution >= 4 is 51.3 Å². The Labute approximate surface area is 167 Å². The number of fused-ring (bicyclic) bond motifs is 2. The lowest BCUT2D eigenvalue weighted by molar-refractivity contribution is -0.197. The average Bonchev–Trinajstić information content (AvgIpc) is 3.18. The molecule has 2 saturated heterocycles. The van der Waals surface area contributed by atoms with E-state index >= 15 is 0 Å². The largest absolute Gasteiger partial charge is 0.354 e. The van der Waals surface area contributed by atoms with Crippen LogP contribution in [0.25, 0.3) is 11.2 Å². The molecule has 0 aliphatic carbocycles. The minimum atomic E-state index is -0.820. The average molecular weight is 494 g/mol. The molecular weight excluding hydrogens is 477 g/mol. The molecule has 0 bridgehead atoms. The topological polar surface area (TPSA) is 100 Å². The third-order valence-corrected chi connectivity index (χ3v) is 5.19. The molecule has 26 heavy (non-hydrogen) atoms. The smallest absolute Gasteiger partial charge is 0.252 e. The van der Waals surface area contributed by atoms with Gasteiger partial charge in [0.05, 0.1) is 6.33 Å². The van der Waals surface area contributed by atoms with Gasteiger partial charge in [0.1, 0.15) is 21.4 Å². The number of nitrogens with zero attached hydrogens (tertiary/aromatic N) is 4. The summed E-state index contributed by atoms with van der Waals surface area (Å²) in [5, 5.41) is 2.89. The van der Waals surface area contributed by atoms with Crippen molar-refractivity contribution in [3.63, 3.8) is 0 Å². The molecule has 2 aromatic rings. The van der Waals surface area contributed by atoms with E-state index in [1.165, 1.54) is 0 Å². The van der Waals surface area contributed by atoms with Crippen LogP contribution < -0.4 is 5.32 Å². The van der Waals surface area contributed by atoms with Crippen LogP contribution in [0.1, 0.15) is 27.0 Å². The lowest BCUT2D eigenvalue weighted by Crippen LogP contribution is -2.42. The number of likely N-dealkylation sites (N-methyl/N-ethyl adjacent to an activating group) is 1. The number of carbonyl (C=O) groups excluding carboxylic acids is 1. The maximum absolute atomic E-state index is 12.4. The number of hydrogen-bond donors (Lipinski definition) is 1. The van der Waals surface area contributed by atoms with E-state index in [4.69, 9.17) is 25.8 Å². The van der Waals surface area contributed by atoms with Crippen molar-refractivity contribution in [2.75, 3.05) is 6.54 Å². The molecule has 9 nitrogen and oxygen atoms in total. The standard InChI is InChI=1S/C15H17ClIN5O4/c1-4-18-12(23)8-7-9(26-15(2,3)25-7)13(24-8)22-5-19-6-10(17)20-14(16)21-11(6)22/h5,7-9,13H,4H2,1-3H3,(H,18,23)/t7-,8+,9-,13-/m1/s1. The van der Waals surface area contributed by atoms with Crippen LogP contribution in [-0.2, 0) is 19.0 Å². The number of aromatic nitrogens is 4. The van der Waals surface area contributed by atoms with E-state index in [-0.39, 0.29) is 11.2 Å². The molecule has 11 heteroatoms. The SMILES string of the molecule is CCNC(=O)[C@H]1O[C@@H](n2cnc3c(I)nc(Cl)nc32)[C@@H]2OC(C)(C)O[C@@H]21. The Balaban J connectivity index is 1.76. The first-order valence-corrected chi connectivity index (χ1v) is 9.61. The van der Waals surface area contributed by atoms with Crippen molar-refractivity contribution in [2.45, 2.75) is 51.1 Å². The summed E-state index contributed by atoms with van der Waals surface area (Å²) in [5.74, 6) is -1.06. The van der Waals surface area contributed by atoms with Gasteiger partial charge in [-0.05, 0) is 55.0 Å². The first kappa shape index (κ1) is 18.3. The lowest BCUT2D eigenvalue weighted by Gasteiger charge is -2.24. The van der Waals surface area contributed by atoms with Gasteiger partial charge in [0.2, 0.25) is 5.28 Å². The number of ether oxygens (including phenoxy) is 3. The summed E-state index contributed by atoms with van der Waals surface area (Å²) in [5.41, 5.74) is 1.12. The first-order chi connectivity index (χ1) is 12.3. The maximum Gasteiger partial charge on any atom is 0.252 e. The summed E-state index contributed by atoms with van der Waals surface area (Å²) in [4.78, 5) is 25.2. The van der Waals surface area contributed by atoms with Crippen LogP contribution in [-0.4, -0.2) is 56.1 Å². The Morgan fingerprint density at radius 1 is 1.38 bits per heavy atom. The van der Waals surface area contributed by atoms with E-state index in [1.54, 1.807) is 10.9 Å². The molecule has 4 rings (SSSR count). The fraction of sp³-hybridized carbons (Fsp3) is 0.600. The van der Waals surface area contributed by atoms with Crippen LogP contribution in [0.4, 0.5) is 0 Å². The highest BCUT2D eigenvalue weighted by Gasteiger charge is 2.58. The Kier molecular flexibility index (Phi) is 4.58. The molecule has 0 aromatic carbocycles. The van der Waals surface area contributed by atoms with Gasteiger partial charge < -0.3 is 19.5 Å². The predicted octanol–water partition coefficient (Wildman–Crippen LogP) is 1.64. The van der Waals surface area contributed by atoms with Crippen LogP contribution in [0, 0.1) is 3.70 Å². The van der Waals surface area contributed by atoms with Gasteiger partial charge in [-0.25, -0.2) is 9.97 Å². The number of rotatable bonds is 3. The molecule has 0 unspecified atom stereocenters. The number of amides is 1. The molecule has 0 saturated carbocycles. The summed E-state index contributed by atoms with van der Waals surface area (Å²) in [6, 6.07) is 0. The molecule has 0 spiro atoms. The summed E-state index contributed by atoms with van der Waals surface area (Å²) in [7, 11) is 0. The fourth-order valence-electron chi connectivity index (χ4n) is 3.33. The van der Waals surface area contributed by atoms with Crippen LogP contribution in [0.2, 0.25) is 5.28 Å². The third-order valence-electron chi connectivity index (χ3n) is 4.26. The molecule has 4 heterocycles. The number of imidazole rings is 1. The lowest BCUT2D eigenvalue weighted by atomic mass is 10.1. The highest BCUT2D eigenvalue weighted by atomic mass is 127. The molecule has 2 fully saturated rings. The van der Waals surface area contributed by atoms with E-state index in [9.17, 15) is 4.79 Å². The maximum atomic E-state index is 12.4. The molecule has 2 aliphatic heterocycles. The van der Waals surface area contributed by atoms with Crippen molar-refractivity contribution in [1.29, 1.82) is 0 Å². The van der Waals surface area contributed by atoms with Gasteiger partial charge in [-0.3, -0.25) is 9.36 Å². The molecule has 4 atom stereocenters. The van der Waals surface area contributed by atoms with Crippen molar-refractivity contribution in [2.24, 2.45) is 0 Å². The van der Waals surface area contributed by atoms with Gasteiger partial charge in [0.25, 0.3) is 5.91 Å². The molecule has 140 valence electrons. The number of halogens is 2. The van der Waals surface area contributed by atoms with Crippen molar-refractivity contribution in [1.82, 2.24) is 24.8 Å². The van der Waals surface area contributed by atoms with Crippen molar-refractivity contribution in [3.8, 4) is 0 Å². The van der Waals surface area contributed by atoms with Crippen LogP contribution >= 0.6 is 34.2 Å². The minimum Gasteiger partial charge on any atom is -0.354 e. The first-order valence-electron chi connectivity index (χ1n) is 8.15. The van der Waals surface area contributed by atoms with Crippen LogP contribution in [0.15, 0.2) is 6.33 Å². The van der Waals surface area contributed by atoms with Gasteiger partial charge in [-0.15, -0.1) is 0 Å². The van der Waals surface area contributed by atoms with Gasteiger partial charge in [0.15, 0.2) is 23.8 Å². The molecule has 2 aliphatic rings. The molecule has 0 radical (unpaired) electrons. The molecule has 1 N–H and O–H groups in total. The van der Waals surface area contributed by atoms with E-state index < -0.39 is 30.3 Å². The van der Waals surface area contributed by atoms with Crippen molar-refractivity contribution in [3.05, 3.63) is 15.3 Å². The van der Waals surface area contributed by atoms with E-state index in [2.05, 4.69) is 42.9 Å².